The van der Waals surface area contributed by atoms with Gasteiger partial charge in [-0.15, -0.1) is 0 Å². The number of nitrogens with zero attached hydrogens (tertiary/aromatic N) is 4. The first-order chi connectivity index (χ1) is 20.5. The number of likely N-dealkylation sites (tertiary alicyclic amines) is 1. The van der Waals surface area contributed by atoms with E-state index in [2.05, 4.69) is 68.2 Å². The monoisotopic (exact) mass is 578 g/mol. The first-order valence-corrected chi connectivity index (χ1v) is 14.3. The molecule has 1 aromatic heterocycles. The van der Waals surface area contributed by atoms with Gasteiger partial charge in [0.1, 0.15) is 18.4 Å². The van der Waals surface area contributed by atoms with Gasteiger partial charge in [-0.2, -0.15) is 9.98 Å². The summed E-state index contributed by atoms with van der Waals surface area (Å²) < 4.78 is 9.90. The largest absolute Gasteiger partial charge is 0.494 e. The first-order valence-electron chi connectivity index (χ1n) is 14.3. The molecule has 0 atom stereocenters. The molecule has 1 aliphatic rings. The van der Waals surface area contributed by atoms with Crippen LogP contribution in [0.1, 0.15) is 46.1 Å². The van der Waals surface area contributed by atoms with Gasteiger partial charge in [-0.1, -0.05) is 38.1 Å². The van der Waals surface area contributed by atoms with Gasteiger partial charge in [0.25, 0.3) is 0 Å². The molecule has 0 unspecified atom stereocenters. The molecule has 1 saturated heterocycles. The molecule has 0 aliphatic carbocycles. The number of aromatic nitrogens is 2. The number of carbonyl (C=O) groups excluding carboxylic acids is 2. The maximum absolute atomic E-state index is 9.96. The van der Waals surface area contributed by atoms with E-state index in [1.807, 2.05) is 58.0 Å². The van der Waals surface area contributed by atoms with Gasteiger partial charge in [-0.05, 0) is 88.8 Å². The summed E-state index contributed by atoms with van der Waals surface area (Å²) in [6.07, 6.45) is 3.88. The molecule has 0 bridgehead atoms. The number of hydrogen-bond acceptors (Lipinski definition) is 9. The molecule has 4 rings (SSSR count). The topological polar surface area (TPSA) is 118 Å². The molecule has 10 heteroatoms. The third-order valence-corrected chi connectivity index (χ3v) is 5.86. The summed E-state index contributed by atoms with van der Waals surface area (Å²) in [5, 5.41) is 6.88. The summed E-state index contributed by atoms with van der Waals surface area (Å²) in [6, 6.07) is 16.3. The molecule has 2 N–H and O–H groups in total. The zero-order chi connectivity index (χ0) is 31.2. The summed E-state index contributed by atoms with van der Waals surface area (Å²) in [4.78, 5) is 32.8. The Morgan fingerprint density at radius 3 is 2.31 bits per heavy atom. The van der Waals surface area contributed by atoms with Crippen LogP contribution in [0.2, 0.25) is 0 Å². The van der Waals surface area contributed by atoms with Crippen LogP contribution in [0.25, 0.3) is 11.1 Å². The van der Waals surface area contributed by atoms with Gasteiger partial charge in [0.2, 0.25) is 5.95 Å². The Labute approximate surface area is 250 Å². The molecule has 0 radical (unpaired) electrons. The molecule has 10 nitrogen and oxygen atoms in total. The molecular weight excluding hydrogens is 532 g/mol. The number of anilines is 3. The summed E-state index contributed by atoms with van der Waals surface area (Å²) in [5.74, 6) is 2.30. The van der Waals surface area contributed by atoms with Crippen molar-refractivity contribution in [1.82, 2.24) is 14.9 Å². The molecule has 3 aromatic rings. The predicted molar refractivity (Wildman–Crippen MR) is 172 cm³/mol. The van der Waals surface area contributed by atoms with Gasteiger partial charge in [-0.3, -0.25) is 0 Å². The van der Waals surface area contributed by atoms with Crippen LogP contribution < -0.4 is 15.4 Å². The summed E-state index contributed by atoms with van der Waals surface area (Å²) in [6.45, 7) is 20.0. The Balaban J connectivity index is 0.000000696. The van der Waals surface area contributed by atoms with E-state index >= 15 is 0 Å². The van der Waals surface area contributed by atoms with Crippen molar-refractivity contribution in [2.24, 2.45) is 4.99 Å². The van der Waals surface area contributed by atoms with Crippen molar-refractivity contribution in [1.29, 1.82) is 0 Å². The number of amides is 1. The van der Waals surface area contributed by atoms with Crippen molar-refractivity contribution in [2.45, 2.75) is 47.5 Å². The fourth-order valence-electron chi connectivity index (χ4n) is 4.05. The zero-order valence-electron chi connectivity index (χ0n) is 25.7. The van der Waals surface area contributed by atoms with E-state index in [-0.39, 0.29) is 0 Å². The third-order valence-electron chi connectivity index (χ3n) is 5.86. The molecule has 42 heavy (non-hydrogen) atoms. The van der Waals surface area contributed by atoms with Crippen LogP contribution in [-0.2, 0) is 9.53 Å². The number of nitrogens with one attached hydrogen (secondary N) is 2. The Kier molecular flexibility index (Phi) is 18.2. The highest BCUT2D eigenvalue weighted by molar-refractivity contribution is 5.76. The minimum absolute atomic E-state index is 0.359. The smallest absolute Gasteiger partial charge is 0.432 e. The molecular formula is C32H46N6O4. The van der Waals surface area contributed by atoms with Gasteiger partial charge < -0.3 is 29.8 Å². The molecule has 1 aliphatic heterocycles. The van der Waals surface area contributed by atoms with Crippen molar-refractivity contribution < 1.29 is 19.1 Å². The highest BCUT2D eigenvalue weighted by atomic mass is 16.5. The first kappa shape index (κ1) is 35.7. The third kappa shape index (κ3) is 12.9. The highest BCUT2D eigenvalue weighted by Crippen LogP contribution is 2.29. The fourth-order valence-corrected chi connectivity index (χ4v) is 4.05. The fraction of sp³-hybridized carbons (Fsp3) is 0.406. The van der Waals surface area contributed by atoms with E-state index in [9.17, 15) is 4.79 Å². The number of carbonyl (C=O) groups is 2. The highest BCUT2D eigenvalue weighted by Gasteiger charge is 2.13. The average Bonchev–Trinajstić information content (AvgIpc) is 3.54. The van der Waals surface area contributed by atoms with Crippen LogP contribution in [0, 0.1) is 6.92 Å². The Morgan fingerprint density at radius 1 is 1.05 bits per heavy atom. The number of ether oxygens (including phenoxy) is 2. The molecule has 228 valence electrons. The molecule has 1 amide bonds. The van der Waals surface area contributed by atoms with Crippen LogP contribution in [0.3, 0.4) is 0 Å². The van der Waals surface area contributed by atoms with E-state index in [1.165, 1.54) is 31.5 Å². The molecule has 1 fully saturated rings. The standard InChI is InChI=1S/C25H31N5O.C4H7NO2.C2H6.CH2O/c1-3-31-22-11-9-20(10-12-22)23-18-27-25(28-21-8-6-7-19(2)17-21)29-24(23)26-13-16-30-14-4-5-15-30;1-3-7-4(6)5-2;2*1-2/h6-12,17-18H,3-5,13-16H2,1-2H3,(H2,26,27,28,29);2-3H2,1H3;1-2H3;1H2. The van der Waals surface area contributed by atoms with E-state index in [4.69, 9.17) is 14.5 Å². The average molecular weight is 579 g/mol. The molecule has 2 heterocycles. The summed E-state index contributed by atoms with van der Waals surface area (Å²) in [7, 11) is 0. The Morgan fingerprint density at radius 2 is 1.74 bits per heavy atom. The molecule has 0 spiro atoms. The lowest BCUT2D eigenvalue weighted by Gasteiger charge is -2.17. The van der Waals surface area contributed by atoms with Crippen molar-refractivity contribution in [2.75, 3.05) is 50.0 Å². The quantitative estimate of drug-likeness (QED) is 0.251. The SMILES string of the molecule is C=NC(=O)OCC.C=O.CC.CCOc1ccc(-c2cnc(Nc3cccc(C)c3)nc2NCCN2CCCC2)cc1. The van der Waals surface area contributed by atoms with Crippen molar-refractivity contribution in [3.8, 4) is 16.9 Å². The second-order valence-corrected chi connectivity index (χ2v) is 8.74. The summed E-state index contributed by atoms with van der Waals surface area (Å²) >= 11 is 0. The van der Waals surface area contributed by atoms with Gasteiger partial charge >= 0.3 is 6.09 Å². The van der Waals surface area contributed by atoms with Crippen molar-refractivity contribution in [3.63, 3.8) is 0 Å². The number of benzene rings is 2. The number of rotatable bonds is 10. The second kappa shape index (κ2) is 21.4. The van der Waals surface area contributed by atoms with Crippen molar-refractivity contribution >= 4 is 37.1 Å². The molecule has 2 aromatic carbocycles. The van der Waals surface area contributed by atoms with Gasteiger partial charge in [-0.25, -0.2) is 9.78 Å². The molecule has 0 saturated carbocycles. The minimum Gasteiger partial charge on any atom is -0.494 e. The zero-order valence-corrected chi connectivity index (χ0v) is 25.7. The lowest BCUT2D eigenvalue weighted by molar-refractivity contribution is -0.0980. The van der Waals surface area contributed by atoms with Crippen LogP contribution >= 0.6 is 0 Å². The maximum Gasteiger partial charge on any atom is 0.432 e. The van der Waals surface area contributed by atoms with E-state index < -0.39 is 6.09 Å². The lowest BCUT2D eigenvalue weighted by atomic mass is 10.1. The maximum atomic E-state index is 9.96. The van der Waals surface area contributed by atoms with Gasteiger partial charge in [0.05, 0.1) is 13.2 Å². The minimum atomic E-state index is -0.609. The number of aliphatic imine (C=N–C) groups is 1. The van der Waals surface area contributed by atoms with Crippen molar-refractivity contribution in [3.05, 3.63) is 60.3 Å². The summed E-state index contributed by atoms with van der Waals surface area (Å²) in [5.41, 5.74) is 4.23. The van der Waals surface area contributed by atoms with Crippen LogP contribution in [0.15, 0.2) is 59.7 Å². The second-order valence-electron chi connectivity index (χ2n) is 8.74. The normalized spacial score (nSPS) is 11.7. The lowest BCUT2D eigenvalue weighted by Crippen LogP contribution is -2.26. The number of aryl methyl sites for hydroxylation is 1. The van der Waals surface area contributed by atoms with E-state index in [0.717, 1.165) is 41.5 Å². The van der Waals surface area contributed by atoms with Crippen LogP contribution in [-0.4, -0.2) is 73.9 Å². The number of hydrogen-bond donors (Lipinski definition) is 2. The Hall–Kier alpha value is -4.31. The van der Waals surface area contributed by atoms with E-state index in [0.29, 0.717) is 19.2 Å². The van der Waals surface area contributed by atoms with E-state index in [1.54, 1.807) is 6.92 Å². The van der Waals surface area contributed by atoms with Gasteiger partial charge in [0.15, 0.2) is 0 Å². The predicted octanol–water partition coefficient (Wildman–Crippen LogP) is 6.79. The van der Waals surface area contributed by atoms with Crippen LogP contribution in [0.4, 0.5) is 22.2 Å². The Bertz CT molecular complexity index is 1180. The van der Waals surface area contributed by atoms with Crippen LogP contribution in [0.5, 0.6) is 5.75 Å². The van der Waals surface area contributed by atoms with Gasteiger partial charge in [0, 0.05) is 30.5 Å².